The fourth-order valence-corrected chi connectivity index (χ4v) is 2.52. The number of carbonyl (C=O) groups is 4. The molecule has 0 amide bonds. The molecular weight excluding hydrogens is 470 g/mol. The van der Waals surface area contributed by atoms with Crippen molar-refractivity contribution in [2.75, 3.05) is 0 Å². The molecule has 0 aliphatic rings. The Hall–Kier alpha value is -3.14. The summed E-state index contributed by atoms with van der Waals surface area (Å²) in [6.45, 7) is 15.0. The zero-order valence-corrected chi connectivity index (χ0v) is 22.6. The van der Waals surface area contributed by atoms with Crippen LogP contribution in [0.2, 0.25) is 0 Å². The summed E-state index contributed by atoms with van der Waals surface area (Å²) in [4.78, 5) is 48.6. The first kappa shape index (κ1) is 30.9. The standard InChI is InChI=1S/C26H39NO9/c1-14(2)22(28)34-20-11-10-18(13-21(20)35-23(29)15(3)4)12-19(27)24(30)32-16(5)17(6)33-25(31)36-26(7,8)9/h10-11,13-17,19H,12,27H2,1-9H3/t16-,17-,19-/m0/s1. The van der Waals surface area contributed by atoms with E-state index in [1.807, 2.05) is 0 Å². The van der Waals surface area contributed by atoms with Crippen LogP contribution in [0.15, 0.2) is 18.2 Å². The van der Waals surface area contributed by atoms with E-state index >= 15 is 0 Å². The smallest absolute Gasteiger partial charge is 0.458 e. The molecular formula is C26H39NO9. The fourth-order valence-electron chi connectivity index (χ4n) is 2.52. The van der Waals surface area contributed by atoms with Gasteiger partial charge in [0, 0.05) is 0 Å². The second-order valence-corrected chi connectivity index (χ2v) is 10.2. The summed E-state index contributed by atoms with van der Waals surface area (Å²) in [6.07, 6.45) is -2.37. The molecule has 202 valence electrons. The van der Waals surface area contributed by atoms with Crippen molar-refractivity contribution in [1.82, 2.24) is 0 Å². The van der Waals surface area contributed by atoms with Crippen molar-refractivity contribution >= 4 is 24.1 Å². The number of ether oxygens (including phenoxy) is 5. The highest BCUT2D eigenvalue weighted by atomic mass is 16.7. The van der Waals surface area contributed by atoms with Crippen molar-refractivity contribution in [3.8, 4) is 11.5 Å². The van der Waals surface area contributed by atoms with Crippen LogP contribution in [0, 0.1) is 11.8 Å². The first-order valence-electron chi connectivity index (χ1n) is 11.9. The largest absolute Gasteiger partial charge is 0.509 e. The summed E-state index contributed by atoms with van der Waals surface area (Å²) >= 11 is 0. The summed E-state index contributed by atoms with van der Waals surface area (Å²) < 4.78 is 26.4. The molecule has 1 rings (SSSR count). The van der Waals surface area contributed by atoms with Crippen LogP contribution in [0.1, 0.15) is 67.9 Å². The van der Waals surface area contributed by atoms with E-state index < -0.39 is 53.8 Å². The number of hydrogen-bond acceptors (Lipinski definition) is 10. The lowest BCUT2D eigenvalue weighted by Gasteiger charge is -2.24. The summed E-state index contributed by atoms with van der Waals surface area (Å²) in [5.41, 5.74) is 5.88. The average Bonchev–Trinajstić information content (AvgIpc) is 2.73. The Morgan fingerprint density at radius 1 is 0.778 bits per heavy atom. The van der Waals surface area contributed by atoms with Crippen molar-refractivity contribution in [2.24, 2.45) is 17.6 Å². The predicted molar refractivity (Wildman–Crippen MR) is 131 cm³/mol. The number of carbonyl (C=O) groups excluding carboxylic acids is 4. The minimum absolute atomic E-state index is 0.0496. The number of rotatable bonds is 10. The predicted octanol–water partition coefficient (Wildman–Crippen LogP) is 3.95. The molecule has 0 bridgehead atoms. The Morgan fingerprint density at radius 2 is 1.28 bits per heavy atom. The highest BCUT2D eigenvalue weighted by molar-refractivity contribution is 5.78. The van der Waals surface area contributed by atoms with Gasteiger partial charge in [0.1, 0.15) is 23.9 Å². The monoisotopic (exact) mass is 509 g/mol. The van der Waals surface area contributed by atoms with Gasteiger partial charge in [-0.1, -0.05) is 33.8 Å². The minimum Gasteiger partial charge on any atom is -0.458 e. The van der Waals surface area contributed by atoms with E-state index in [1.54, 1.807) is 68.4 Å². The van der Waals surface area contributed by atoms with Crippen LogP contribution in [-0.4, -0.2) is 47.9 Å². The van der Waals surface area contributed by atoms with Crippen LogP contribution in [0.5, 0.6) is 11.5 Å². The maximum atomic E-state index is 12.5. The molecule has 0 unspecified atom stereocenters. The molecule has 0 aliphatic heterocycles. The van der Waals surface area contributed by atoms with Gasteiger partial charge in [0.25, 0.3) is 0 Å². The van der Waals surface area contributed by atoms with E-state index in [1.165, 1.54) is 12.1 Å². The van der Waals surface area contributed by atoms with Gasteiger partial charge in [0.05, 0.1) is 11.8 Å². The van der Waals surface area contributed by atoms with Crippen molar-refractivity contribution in [3.63, 3.8) is 0 Å². The number of hydrogen-bond donors (Lipinski definition) is 1. The van der Waals surface area contributed by atoms with Crippen LogP contribution < -0.4 is 15.2 Å². The van der Waals surface area contributed by atoms with E-state index in [0.29, 0.717) is 5.56 Å². The summed E-state index contributed by atoms with van der Waals surface area (Å²) in [5.74, 6) is -2.36. The fraction of sp³-hybridized carbons (Fsp3) is 0.615. The van der Waals surface area contributed by atoms with Crippen molar-refractivity contribution < 1.29 is 42.9 Å². The van der Waals surface area contributed by atoms with Crippen LogP contribution in [-0.2, 0) is 35.0 Å². The van der Waals surface area contributed by atoms with Gasteiger partial charge < -0.3 is 29.4 Å². The van der Waals surface area contributed by atoms with Crippen molar-refractivity contribution in [1.29, 1.82) is 0 Å². The van der Waals surface area contributed by atoms with E-state index in [4.69, 9.17) is 29.4 Å². The first-order chi connectivity index (χ1) is 16.5. The zero-order valence-electron chi connectivity index (χ0n) is 22.6. The number of nitrogens with two attached hydrogens (primary N) is 1. The molecule has 10 heteroatoms. The molecule has 0 spiro atoms. The molecule has 1 aromatic rings. The molecule has 0 fully saturated rings. The van der Waals surface area contributed by atoms with Gasteiger partial charge in [-0.2, -0.15) is 0 Å². The Balaban J connectivity index is 2.89. The quantitative estimate of drug-likeness (QED) is 0.364. The molecule has 1 aromatic carbocycles. The first-order valence-corrected chi connectivity index (χ1v) is 11.9. The molecule has 3 atom stereocenters. The third-order valence-electron chi connectivity index (χ3n) is 4.77. The molecule has 0 radical (unpaired) electrons. The van der Waals surface area contributed by atoms with Gasteiger partial charge in [0.2, 0.25) is 0 Å². The van der Waals surface area contributed by atoms with Crippen LogP contribution in [0.4, 0.5) is 4.79 Å². The van der Waals surface area contributed by atoms with E-state index in [0.717, 1.165) is 0 Å². The topological polar surface area (TPSA) is 140 Å². The van der Waals surface area contributed by atoms with Crippen LogP contribution >= 0.6 is 0 Å². The van der Waals surface area contributed by atoms with Gasteiger partial charge >= 0.3 is 24.1 Å². The van der Waals surface area contributed by atoms with Gasteiger partial charge in [-0.25, -0.2) is 4.79 Å². The van der Waals surface area contributed by atoms with Crippen LogP contribution in [0.25, 0.3) is 0 Å². The lowest BCUT2D eigenvalue weighted by atomic mass is 10.1. The van der Waals surface area contributed by atoms with Gasteiger partial charge in [0.15, 0.2) is 11.5 Å². The van der Waals surface area contributed by atoms with Gasteiger partial charge in [-0.15, -0.1) is 0 Å². The number of benzene rings is 1. The van der Waals surface area contributed by atoms with Crippen molar-refractivity contribution in [3.05, 3.63) is 23.8 Å². The molecule has 0 aliphatic carbocycles. The normalized spacial score (nSPS) is 14.0. The third-order valence-corrected chi connectivity index (χ3v) is 4.77. The second-order valence-electron chi connectivity index (χ2n) is 10.2. The lowest BCUT2D eigenvalue weighted by Crippen LogP contribution is -2.40. The summed E-state index contributed by atoms with van der Waals surface area (Å²) in [6, 6.07) is 3.53. The molecule has 0 saturated heterocycles. The third kappa shape index (κ3) is 10.6. The van der Waals surface area contributed by atoms with Crippen LogP contribution in [0.3, 0.4) is 0 Å². The summed E-state index contributed by atoms with van der Waals surface area (Å²) in [7, 11) is 0. The minimum atomic E-state index is -1.06. The molecule has 36 heavy (non-hydrogen) atoms. The van der Waals surface area contributed by atoms with E-state index in [-0.39, 0.29) is 23.8 Å². The molecule has 0 saturated carbocycles. The Morgan fingerprint density at radius 3 is 1.78 bits per heavy atom. The highest BCUT2D eigenvalue weighted by Crippen LogP contribution is 2.30. The highest BCUT2D eigenvalue weighted by Gasteiger charge is 2.27. The lowest BCUT2D eigenvalue weighted by molar-refractivity contribution is -0.156. The van der Waals surface area contributed by atoms with Crippen molar-refractivity contribution in [2.45, 2.75) is 92.6 Å². The maximum absolute atomic E-state index is 12.5. The molecule has 10 nitrogen and oxygen atoms in total. The Labute approximate surface area is 212 Å². The van der Waals surface area contributed by atoms with Gasteiger partial charge in [-0.3, -0.25) is 14.4 Å². The molecule has 2 N–H and O–H groups in total. The SMILES string of the molecule is CC(C)C(=O)Oc1ccc(C[C@H](N)C(=O)O[C@@H](C)[C@H](C)OC(=O)OC(C)(C)C)cc1OC(=O)C(C)C. The van der Waals surface area contributed by atoms with Gasteiger partial charge in [-0.05, 0) is 58.7 Å². The van der Waals surface area contributed by atoms with E-state index in [2.05, 4.69) is 0 Å². The Kier molecular flexibility index (Phi) is 11.4. The summed E-state index contributed by atoms with van der Waals surface area (Å²) in [5, 5.41) is 0. The zero-order chi connectivity index (χ0) is 27.8. The number of esters is 3. The average molecular weight is 510 g/mol. The molecule has 0 heterocycles. The molecule has 0 aromatic heterocycles. The maximum Gasteiger partial charge on any atom is 0.509 e. The van der Waals surface area contributed by atoms with E-state index in [9.17, 15) is 19.2 Å². The Bertz CT molecular complexity index is 934. The second kappa shape index (κ2) is 13.2.